The van der Waals surface area contributed by atoms with Gasteiger partial charge in [-0.05, 0) is 31.1 Å². The van der Waals surface area contributed by atoms with Crippen LogP contribution in [0.15, 0.2) is 0 Å². The van der Waals surface area contributed by atoms with Crippen LogP contribution in [0.25, 0.3) is 0 Å². The summed E-state index contributed by atoms with van der Waals surface area (Å²) in [5.41, 5.74) is 0. The number of hydrogen-bond donors (Lipinski definition) is 1. The molecule has 1 saturated heterocycles. The van der Waals surface area contributed by atoms with Gasteiger partial charge in [0, 0.05) is 20.3 Å². The standard InChI is InChI=1S/C15H30N2O2/c1-11(2)10-13-16-14(12(3)4)15(18)17(13)8-6-7-9-19-5/h11-14,16H,6-10H2,1-5H3. The molecule has 4 heteroatoms. The van der Waals surface area contributed by atoms with E-state index >= 15 is 0 Å². The van der Waals surface area contributed by atoms with Crippen molar-refractivity contribution >= 4 is 5.91 Å². The highest BCUT2D eigenvalue weighted by atomic mass is 16.5. The van der Waals surface area contributed by atoms with Crippen molar-refractivity contribution in [3.63, 3.8) is 0 Å². The molecule has 1 heterocycles. The molecule has 0 aromatic heterocycles. The van der Waals surface area contributed by atoms with Crippen molar-refractivity contribution in [2.45, 2.75) is 59.2 Å². The van der Waals surface area contributed by atoms with E-state index in [1.165, 1.54) is 0 Å². The van der Waals surface area contributed by atoms with Gasteiger partial charge in [0.1, 0.15) is 0 Å². The van der Waals surface area contributed by atoms with Crippen molar-refractivity contribution in [1.29, 1.82) is 0 Å². The zero-order valence-electron chi connectivity index (χ0n) is 13.1. The molecule has 1 aliphatic heterocycles. The van der Waals surface area contributed by atoms with Crippen LogP contribution in [0, 0.1) is 11.8 Å². The van der Waals surface area contributed by atoms with Crippen LogP contribution >= 0.6 is 0 Å². The predicted molar refractivity (Wildman–Crippen MR) is 77.8 cm³/mol. The number of amides is 1. The number of carbonyl (C=O) groups is 1. The van der Waals surface area contributed by atoms with Gasteiger partial charge in [0.15, 0.2) is 0 Å². The molecule has 0 aliphatic carbocycles. The smallest absolute Gasteiger partial charge is 0.241 e. The van der Waals surface area contributed by atoms with Crippen LogP contribution in [0.2, 0.25) is 0 Å². The molecule has 1 rings (SSSR count). The fourth-order valence-electron chi connectivity index (χ4n) is 2.61. The average Bonchev–Trinajstić information content (AvgIpc) is 2.62. The van der Waals surface area contributed by atoms with Gasteiger partial charge < -0.3 is 9.64 Å². The third kappa shape index (κ3) is 4.77. The molecule has 0 bridgehead atoms. The van der Waals surface area contributed by atoms with Gasteiger partial charge in [-0.25, -0.2) is 0 Å². The maximum Gasteiger partial charge on any atom is 0.241 e. The van der Waals surface area contributed by atoms with Crippen LogP contribution < -0.4 is 5.32 Å². The average molecular weight is 270 g/mol. The Kier molecular flexibility index (Phi) is 6.80. The monoisotopic (exact) mass is 270 g/mol. The van der Waals surface area contributed by atoms with Crippen molar-refractivity contribution in [2.75, 3.05) is 20.3 Å². The van der Waals surface area contributed by atoms with Gasteiger partial charge in [0.25, 0.3) is 0 Å². The zero-order valence-corrected chi connectivity index (χ0v) is 13.1. The van der Waals surface area contributed by atoms with E-state index in [9.17, 15) is 4.79 Å². The lowest BCUT2D eigenvalue weighted by atomic mass is 10.0. The Morgan fingerprint density at radius 1 is 1.26 bits per heavy atom. The molecule has 4 nitrogen and oxygen atoms in total. The Balaban J connectivity index is 2.57. The van der Waals surface area contributed by atoms with Gasteiger partial charge in [0.05, 0.1) is 12.2 Å². The summed E-state index contributed by atoms with van der Waals surface area (Å²) in [5, 5.41) is 3.51. The lowest BCUT2D eigenvalue weighted by Crippen LogP contribution is -2.39. The Labute approximate surface area is 117 Å². The van der Waals surface area contributed by atoms with E-state index < -0.39 is 0 Å². The van der Waals surface area contributed by atoms with E-state index in [0.717, 1.165) is 32.4 Å². The number of carbonyl (C=O) groups excluding carboxylic acids is 1. The SMILES string of the molecule is COCCCCN1C(=O)C(C(C)C)NC1CC(C)C. The van der Waals surface area contributed by atoms with Crippen molar-refractivity contribution in [1.82, 2.24) is 10.2 Å². The first-order valence-corrected chi connectivity index (χ1v) is 7.52. The number of methoxy groups -OCH3 is 1. The summed E-state index contributed by atoms with van der Waals surface area (Å²) < 4.78 is 5.07. The van der Waals surface area contributed by atoms with E-state index in [4.69, 9.17) is 4.74 Å². The third-order valence-electron chi connectivity index (χ3n) is 3.66. The number of nitrogens with zero attached hydrogens (tertiary/aromatic N) is 1. The normalized spacial score (nSPS) is 23.9. The Hall–Kier alpha value is -0.610. The molecular weight excluding hydrogens is 240 g/mol. The number of nitrogens with one attached hydrogen (secondary N) is 1. The molecule has 0 spiro atoms. The highest BCUT2D eigenvalue weighted by Gasteiger charge is 2.39. The topological polar surface area (TPSA) is 41.6 Å². The minimum absolute atomic E-state index is 0.00817. The highest BCUT2D eigenvalue weighted by molar-refractivity contribution is 5.84. The van der Waals surface area contributed by atoms with Gasteiger partial charge >= 0.3 is 0 Å². The van der Waals surface area contributed by atoms with Crippen LogP contribution in [-0.2, 0) is 9.53 Å². The Bertz CT molecular complexity index is 279. The molecule has 2 atom stereocenters. The van der Waals surface area contributed by atoms with E-state index in [1.807, 2.05) is 4.90 Å². The first-order valence-electron chi connectivity index (χ1n) is 7.52. The molecule has 2 unspecified atom stereocenters. The summed E-state index contributed by atoms with van der Waals surface area (Å²) in [5.74, 6) is 1.22. The number of hydrogen-bond acceptors (Lipinski definition) is 3. The van der Waals surface area contributed by atoms with Crippen molar-refractivity contribution < 1.29 is 9.53 Å². The maximum absolute atomic E-state index is 12.4. The molecule has 0 aromatic rings. The second kappa shape index (κ2) is 7.85. The maximum atomic E-state index is 12.4. The summed E-state index contributed by atoms with van der Waals surface area (Å²) in [4.78, 5) is 14.5. The molecule has 1 N–H and O–H groups in total. The second-order valence-corrected chi connectivity index (χ2v) is 6.27. The highest BCUT2D eigenvalue weighted by Crippen LogP contribution is 2.21. The summed E-state index contributed by atoms with van der Waals surface area (Å²) >= 11 is 0. The minimum atomic E-state index is -0.00817. The van der Waals surface area contributed by atoms with Crippen LogP contribution in [0.4, 0.5) is 0 Å². The number of ether oxygens (including phenoxy) is 1. The van der Waals surface area contributed by atoms with E-state index in [1.54, 1.807) is 7.11 Å². The zero-order chi connectivity index (χ0) is 14.4. The third-order valence-corrected chi connectivity index (χ3v) is 3.66. The molecule has 1 aliphatic rings. The molecule has 1 fully saturated rings. The van der Waals surface area contributed by atoms with Crippen LogP contribution in [0.5, 0.6) is 0 Å². The Morgan fingerprint density at radius 2 is 1.95 bits per heavy atom. The lowest BCUT2D eigenvalue weighted by Gasteiger charge is -2.25. The largest absolute Gasteiger partial charge is 0.385 e. The Morgan fingerprint density at radius 3 is 2.47 bits per heavy atom. The van der Waals surface area contributed by atoms with Gasteiger partial charge in [-0.1, -0.05) is 27.7 Å². The van der Waals surface area contributed by atoms with Crippen LogP contribution in [0.3, 0.4) is 0 Å². The second-order valence-electron chi connectivity index (χ2n) is 6.27. The fourth-order valence-corrected chi connectivity index (χ4v) is 2.61. The first-order chi connectivity index (χ1) is 8.97. The first kappa shape index (κ1) is 16.4. The van der Waals surface area contributed by atoms with Gasteiger partial charge in [-0.2, -0.15) is 0 Å². The lowest BCUT2D eigenvalue weighted by molar-refractivity contribution is -0.131. The summed E-state index contributed by atoms with van der Waals surface area (Å²) in [6.07, 6.45) is 3.27. The van der Waals surface area contributed by atoms with E-state index in [-0.39, 0.29) is 18.1 Å². The minimum Gasteiger partial charge on any atom is -0.385 e. The van der Waals surface area contributed by atoms with Crippen molar-refractivity contribution in [2.24, 2.45) is 11.8 Å². The van der Waals surface area contributed by atoms with E-state index in [0.29, 0.717) is 11.8 Å². The molecule has 1 amide bonds. The quantitative estimate of drug-likeness (QED) is 0.688. The predicted octanol–water partition coefficient (Wildman–Crippen LogP) is 2.24. The van der Waals surface area contributed by atoms with Crippen LogP contribution in [-0.4, -0.2) is 43.3 Å². The molecule has 112 valence electrons. The van der Waals surface area contributed by atoms with Crippen LogP contribution in [0.1, 0.15) is 47.0 Å². The number of rotatable bonds is 8. The molecule has 0 radical (unpaired) electrons. The number of unbranched alkanes of at least 4 members (excludes halogenated alkanes) is 1. The van der Waals surface area contributed by atoms with Gasteiger partial charge in [-0.3, -0.25) is 10.1 Å². The molecular formula is C15H30N2O2. The van der Waals surface area contributed by atoms with E-state index in [2.05, 4.69) is 33.0 Å². The van der Waals surface area contributed by atoms with Gasteiger partial charge in [0.2, 0.25) is 5.91 Å². The van der Waals surface area contributed by atoms with Crippen molar-refractivity contribution in [3.05, 3.63) is 0 Å². The summed E-state index contributed by atoms with van der Waals surface area (Å²) in [6, 6.07) is -0.00817. The van der Waals surface area contributed by atoms with Gasteiger partial charge in [-0.15, -0.1) is 0 Å². The summed E-state index contributed by atoms with van der Waals surface area (Å²) in [6.45, 7) is 10.2. The fraction of sp³-hybridized carbons (Fsp3) is 0.933. The molecule has 0 aromatic carbocycles. The van der Waals surface area contributed by atoms with Crippen molar-refractivity contribution in [3.8, 4) is 0 Å². The molecule has 19 heavy (non-hydrogen) atoms. The molecule has 0 saturated carbocycles. The summed E-state index contributed by atoms with van der Waals surface area (Å²) in [7, 11) is 1.72.